The summed E-state index contributed by atoms with van der Waals surface area (Å²) in [6.45, 7) is 8.28. The fraction of sp³-hybridized carbons (Fsp3) is 0.750. The van der Waals surface area contributed by atoms with Crippen molar-refractivity contribution in [3.05, 3.63) is 17.5 Å². The summed E-state index contributed by atoms with van der Waals surface area (Å²) < 4.78 is 7.33. The molecule has 1 heterocycles. The maximum absolute atomic E-state index is 5.51. The number of nitrogens with zero attached hydrogens (tertiary/aromatic N) is 2. The molecule has 0 atom stereocenters. The Bertz CT molecular complexity index is 315. The SMILES string of the molecule is CCn1nc(C)cc1CNCCCOCCCl. The van der Waals surface area contributed by atoms with E-state index in [0.29, 0.717) is 12.5 Å². The number of nitrogens with one attached hydrogen (secondary N) is 1. The summed E-state index contributed by atoms with van der Waals surface area (Å²) in [5.74, 6) is 0.572. The van der Waals surface area contributed by atoms with E-state index in [-0.39, 0.29) is 0 Å². The smallest absolute Gasteiger partial charge is 0.0601 e. The van der Waals surface area contributed by atoms with E-state index in [9.17, 15) is 0 Å². The molecule has 0 aliphatic heterocycles. The second-order valence-electron chi connectivity index (χ2n) is 3.92. The van der Waals surface area contributed by atoms with Gasteiger partial charge in [0.2, 0.25) is 0 Å². The third-order valence-electron chi connectivity index (χ3n) is 2.45. The van der Waals surface area contributed by atoms with Crippen LogP contribution in [-0.4, -0.2) is 35.4 Å². The van der Waals surface area contributed by atoms with Gasteiger partial charge in [-0.3, -0.25) is 4.68 Å². The van der Waals surface area contributed by atoms with Crippen LogP contribution in [0.3, 0.4) is 0 Å². The highest BCUT2D eigenvalue weighted by atomic mass is 35.5. The van der Waals surface area contributed by atoms with E-state index in [1.807, 2.05) is 11.6 Å². The van der Waals surface area contributed by atoms with Crippen LogP contribution in [0, 0.1) is 6.92 Å². The third kappa shape index (κ3) is 5.52. The maximum Gasteiger partial charge on any atom is 0.0601 e. The van der Waals surface area contributed by atoms with Gasteiger partial charge in [-0.1, -0.05) is 0 Å². The molecular formula is C12H22ClN3O. The van der Waals surface area contributed by atoms with Crippen molar-refractivity contribution in [2.45, 2.75) is 33.4 Å². The Morgan fingerprint density at radius 2 is 2.29 bits per heavy atom. The Hall–Kier alpha value is -0.580. The van der Waals surface area contributed by atoms with Gasteiger partial charge in [-0.2, -0.15) is 5.10 Å². The fourth-order valence-corrected chi connectivity index (χ4v) is 1.80. The van der Waals surface area contributed by atoms with Gasteiger partial charge in [0, 0.05) is 25.6 Å². The number of alkyl halides is 1. The summed E-state index contributed by atoms with van der Waals surface area (Å²) in [5, 5.41) is 7.80. The van der Waals surface area contributed by atoms with Crippen LogP contribution in [0.4, 0.5) is 0 Å². The minimum atomic E-state index is 0.572. The molecule has 1 aromatic rings. The van der Waals surface area contributed by atoms with Crippen molar-refractivity contribution in [3.63, 3.8) is 0 Å². The van der Waals surface area contributed by atoms with E-state index in [1.54, 1.807) is 0 Å². The molecule has 0 aliphatic rings. The van der Waals surface area contributed by atoms with Crippen LogP contribution in [0.2, 0.25) is 0 Å². The van der Waals surface area contributed by atoms with Gasteiger partial charge in [-0.15, -0.1) is 11.6 Å². The average Bonchev–Trinajstić information content (AvgIpc) is 2.68. The van der Waals surface area contributed by atoms with Crippen LogP contribution < -0.4 is 5.32 Å². The molecule has 17 heavy (non-hydrogen) atoms. The van der Waals surface area contributed by atoms with Crippen LogP contribution >= 0.6 is 11.6 Å². The van der Waals surface area contributed by atoms with E-state index in [0.717, 1.165) is 38.4 Å². The minimum absolute atomic E-state index is 0.572. The molecular weight excluding hydrogens is 238 g/mol. The Morgan fingerprint density at radius 1 is 1.47 bits per heavy atom. The molecule has 0 radical (unpaired) electrons. The van der Waals surface area contributed by atoms with Crippen LogP contribution in [0.1, 0.15) is 24.7 Å². The summed E-state index contributed by atoms with van der Waals surface area (Å²) in [4.78, 5) is 0. The molecule has 0 fully saturated rings. The summed E-state index contributed by atoms with van der Waals surface area (Å²) in [6.07, 6.45) is 1.01. The normalized spacial score (nSPS) is 11.0. The topological polar surface area (TPSA) is 39.1 Å². The van der Waals surface area contributed by atoms with Crippen molar-refractivity contribution >= 4 is 11.6 Å². The first-order valence-electron chi connectivity index (χ1n) is 6.15. The van der Waals surface area contributed by atoms with Gasteiger partial charge in [-0.25, -0.2) is 0 Å². The van der Waals surface area contributed by atoms with Crippen LogP contribution in [0.5, 0.6) is 0 Å². The second-order valence-corrected chi connectivity index (χ2v) is 4.30. The minimum Gasteiger partial charge on any atom is -0.380 e. The van der Waals surface area contributed by atoms with Crippen molar-refractivity contribution < 1.29 is 4.74 Å². The highest BCUT2D eigenvalue weighted by Gasteiger charge is 2.02. The third-order valence-corrected chi connectivity index (χ3v) is 2.61. The molecule has 1 aromatic heterocycles. The average molecular weight is 260 g/mol. The molecule has 1 N–H and O–H groups in total. The second kappa shape index (κ2) is 8.50. The quantitative estimate of drug-likeness (QED) is 0.544. The molecule has 0 unspecified atom stereocenters. The standard InChI is InChI=1S/C12H22ClN3O/c1-3-16-12(9-11(2)15-16)10-14-6-4-7-17-8-5-13/h9,14H,3-8,10H2,1-2H3. The highest BCUT2D eigenvalue weighted by molar-refractivity contribution is 6.17. The Balaban J connectivity index is 2.13. The predicted molar refractivity (Wildman–Crippen MR) is 70.5 cm³/mol. The molecule has 1 rings (SSSR count). The Labute approximate surface area is 108 Å². The molecule has 0 aliphatic carbocycles. The molecule has 0 saturated heterocycles. The van der Waals surface area contributed by atoms with Crippen molar-refractivity contribution in [2.24, 2.45) is 0 Å². The fourth-order valence-electron chi connectivity index (χ4n) is 1.69. The number of hydrogen-bond donors (Lipinski definition) is 1. The molecule has 5 heteroatoms. The van der Waals surface area contributed by atoms with Gasteiger partial charge >= 0.3 is 0 Å². The van der Waals surface area contributed by atoms with Gasteiger partial charge in [0.15, 0.2) is 0 Å². The molecule has 98 valence electrons. The van der Waals surface area contributed by atoms with E-state index >= 15 is 0 Å². The van der Waals surface area contributed by atoms with Crippen molar-refractivity contribution in [2.75, 3.05) is 25.6 Å². The first kappa shape index (κ1) is 14.5. The van der Waals surface area contributed by atoms with Crippen molar-refractivity contribution in [3.8, 4) is 0 Å². The summed E-state index contributed by atoms with van der Waals surface area (Å²) >= 11 is 5.51. The van der Waals surface area contributed by atoms with E-state index in [4.69, 9.17) is 16.3 Å². The van der Waals surface area contributed by atoms with E-state index in [1.165, 1.54) is 5.69 Å². The zero-order valence-electron chi connectivity index (χ0n) is 10.7. The zero-order chi connectivity index (χ0) is 12.5. The molecule has 0 aromatic carbocycles. The van der Waals surface area contributed by atoms with Gasteiger partial charge in [-0.05, 0) is 32.9 Å². The van der Waals surface area contributed by atoms with Crippen molar-refractivity contribution in [1.82, 2.24) is 15.1 Å². The molecule has 4 nitrogen and oxygen atoms in total. The number of aromatic nitrogens is 2. The number of hydrogen-bond acceptors (Lipinski definition) is 3. The van der Waals surface area contributed by atoms with Crippen LogP contribution in [0.25, 0.3) is 0 Å². The summed E-state index contributed by atoms with van der Waals surface area (Å²) in [7, 11) is 0. The number of halogens is 1. The lowest BCUT2D eigenvalue weighted by Gasteiger charge is -2.06. The zero-order valence-corrected chi connectivity index (χ0v) is 11.5. The van der Waals surface area contributed by atoms with E-state index < -0.39 is 0 Å². The Morgan fingerprint density at radius 3 is 3.00 bits per heavy atom. The van der Waals surface area contributed by atoms with Crippen LogP contribution in [0.15, 0.2) is 6.07 Å². The number of ether oxygens (including phenoxy) is 1. The molecule has 0 spiro atoms. The largest absolute Gasteiger partial charge is 0.380 e. The maximum atomic E-state index is 5.51. The first-order chi connectivity index (χ1) is 8.27. The molecule has 0 saturated carbocycles. The predicted octanol–water partition coefficient (Wildman–Crippen LogP) is 1.95. The van der Waals surface area contributed by atoms with Gasteiger partial charge < -0.3 is 10.1 Å². The lowest BCUT2D eigenvalue weighted by atomic mass is 10.3. The lowest BCUT2D eigenvalue weighted by Crippen LogP contribution is -2.19. The van der Waals surface area contributed by atoms with E-state index in [2.05, 4.69) is 23.4 Å². The lowest BCUT2D eigenvalue weighted by molar-refractivity contribution is 0.146. The van der Waals surface area contributed by atoms with Crippen molar-refractivity contribution in [1.29, 1.82) is 0 Å². The summed E-state index contributed by atoms with van der Waals surface area (Å²) in [6, 6.07) is 2.13. The van der Waals surface area contributed by atoms with Gasteiger partial charge in [0.05, 0.1) is 18.0 Å². The number of rotatable bonds is 9. The van der Waals surface area contributed by atoms with Gasteiger partial charge in [0.1, 0.15) is 0 Å². The highest BCUT2D eigenvalue weighted by Crippen LogP contribution is 2.03. The molecule has 0 amide bonds. The monoisotopic (exact) mass is 259 g/mol. The first-order valence-corrected chi connectivity index (χ1v) is 6.69. The van der Waals surface area contributed by atoms with Gasteiger partial charge in [0.25, 0.3) is 0 Å². The summed E-state index contributed by atoms with van der Waals surface area (Å²) in [5.41, 5.74) is 2.32. The molecule has 0 bridgehead atoms. The number of aryl methyl sites for hydroxylation is 2. The Kier molecular flexibility index (Phi) is 7.24. The van der Waals surface area contributed by atoms with Crippen LogP contribution in [-0.2, 0) is 17.8 Å².